The van der Waals surface area contributed by atoms with Gasteiger partial charge in [0.15, 0.2) is 0 Å². The van der Waals surface area contributed by atoms with Gasteiger partial charge in [0.1, 0.15) is 0 Å². The summed E-state index contributed by atoms with van der Waals surface area (Å²) in [7, 11) is 0. The molecular weight excluding hydrogens is 392 g/mol. The van der Waals surface area contributed by atoms with Crippen LogP contribution in [0.1, 0.15) is 138 Å². The SMILES string of the molecule is CCC(C)[C@@H](CCC[C@@H](O)CC1CCC(C(C)(C)CC)CC1)CC(O)C1CCC(C)CC1. The van der Waals surface area contributed by atoms with E-state index < -0.39 is 0 Å². The molecule has 0 saturated heterocycles. The molecule has 2 fully saturated rings. The second-order valence-corrected chi connectivity index (χ2v) is 12.8. The summed E-state index contributed by atoms with van der Waals surface area (Å²) in [4.78, 5) is 0. The van der Waals surface area contributed by atoms with Crippen LogP contribution in [-0.2, 0) is 0 Å². The Labute approximate surface area is 201 Å². The van der Waals surface area contributed by atoms with Gasteiger partial charge >= 0.3 is 0 Å². The summed E-state index contributed by atoms with van der Waals surface area (Å²) < 4.78 is 0. The minimum Gasteiger partial charge on any atom is -0.393 e. The van der Waals surface area contributed by atoms with Crippen LogP contribution in [0.3, 0.4) is 0 Å². The van der Waals surface area contributed by atoms with E-state index in [0.29, 0.717) is 23.2 Å². The lowest BCUT2D eigenvalue weighted by atomic mass is 9.67. The van der Waals surface area contributed by atoms with Gasteiger partial charge in [-0.2, -0.15) is 0 Å². The van der Waals surface area contributed by atoms with Gasteiger partial charge in [0, 0.05) is 0 Å². The van der Waals surface area contributed by atoms with Crippen LogP contribution in [0.15, 0.2) is 0 Å². The van der Waals surface area contributed by atoms with Crippen LogP contribution in [0.5, 0.6) is 0 Å². The van der Waals surface area contributed by atoms with E-state index in [4.69, 9.17) is 0 Å². The molecule has 2 aliphatic carbocycles. The molecule has 2 aliphatic rings. The Balaban J connectivity index is 1.70. The van der Waals surface area contributed by atoms with Crippen molar-refractivity contribution in [2.45, 2.75) is 150 Å². The molecule has 4 atom stereocenters. The Morgan fingerprint density at radius 2 is 1.50 bits per heavy atom. The van der Waals surface area contributed by atoms with Crippen molar-refractivity contribution in [3.63, 3.8) is 0 Å². The largest absolute Gasteiger partial charge is 0.393 e. The van der Waals surface area contributed by atoms with Crippen LogP contribution in [-0.4, -0.2) is 22.4 Å². The molecule has 0 aromatic rings. The summed E-state index contributed by atoms with van der Waals surface area (Å²) in [6.07, 6.45) is 17.8. The fourth-order valence-corrected chi connectivity index (χ4v) is 6.73. The first-order valence-electron chi connectivity index (χ1n) is 14.5. The molecule has 2 rings (SSSR count). The molecule has 0 aliphatic heterocycles. The normalized spacial score (nSPS) is 31.1. The Hall–Kier alpha value is -0.0800. The van der Waals surface area contributed by atoms with Gasteiger partial charge in [-0.05, 0) is 85.9 Å². The van der Waals surface area contributed by atoms with E-state index in [9.17, 15) is 10.2 Å². The average molecular weight is 451 g/mol. The van der Waals surface area contributed by atoms with E-state index in [1.54, 1.807) is 0 Å². The minimum absolute atomic E-state index is 0.117. The lowest BCUT2D eigenvalue weighted by molar-refractivity contribution is 0.0428. The molecule has 0 heterocycles. The van der Waals surface area contributed by atoms with Crippen LogP contribution < -0.4 is 0 Å². The van der Waals surface area contributed by atoms with Gasteiger partial charge in [0.25, 0.3) is 0 Å². The predicted octanol–water partition coefficient (Wildman–Crippen LogP) is 8.39. The molecule has 2 heteroatoms. The number of hydrogen-bond acceptors (Lipinski definition) is 2. The fraction of sp³-hybridized carbons (Fsp3) is 1.00. The zero-order chi connectivity index (χ0) is 23.7. The average Bonchev–Trinajstić information content (AvgIpc) is 2.78. The van der Waals surface area contributed by atoms with Gasteiger partial charge in [0.2, 0.25) is 0 Å². The van der Waals surface area contributed by atoms with Crippen molar-refractivity contribution in [3.05, 3.63) is 0 Å². The fourth-order valence-electron chi connectivity index (χ4n) is 6.73. The molecule has 0 amide bonds. The Kier molecular flexibility index (Phi) is 12.1. The molecule has 190 valence electrons. The minimum atomic E-state index is -0.127. The number of aliphatic hydroxyl groups is 2. The zero-order valence-electron chi connectivity index (χ0n) is 22.6. The van der Waals surface area contributed by atoms with Crippen LogP contribution in [0.2, 0.25) is 0 Å². The standard InChI is InChI=1S/C30H58O2/c1-7-23(4)26(21-29(32)25-16-12-22(3)13-17-25)10-9-11-28(31)20-24-14-18-27(19-15-24)30(5,6)8-2/h22-29,31-32H,7-21H2,1-6H3/t22?,23?,24?,25?,26-,27?,28+,29?/m0/s1. The molecule has 0 bridgehead atoms. The smallest absolute Gasteiger partial charge is 0.0571 e. The topological polar surface area (TPSA) is 40.5 Å². The molecule has 2 saturated carbocycles. The maximum atomic E-state index is 10.9. The third-order valence-electron chi connectivity index (χ3n) is 10.2. The first kappa shape index (κ1) is 28.2. The molecule has 32 heavy (non-hydrogen) atoms. The lowest BCUT2D eigenvalue weighted by Crippen LogP contribution is -2.29. The van der Waals surface area contributed by atoms with Crippen molar-refractivity contribution in [3.8, 4) is 0 Å². The van der Waals surface area contributed by atoms with Crippen LogP contribution in [0.25, 0.3) is 0 Å². The quantitative estimate of drug-likeness (QED) is 0.296. The maximum absolute atomic E-state index is 10.9. The van der Waals surface area contributed by atoms with Crippen molar-refractivity contribution in [1.29, 1.82) is 0 Å². The van der Waals surface area contributed by atoms with Crippen molar-refractivity contribution in [1.82, 2.24) is 0 Å². The molecule has 0 spiro atoms. The van der Waals surface area contributed by atoms with Crippen LogP contribution in [0.4, 0.5) is 0 Å². The highest BCUT2D eigenvalue weighted by atomic mass is 16.3. The highest BCUT2D eigenvalue weighted by Crippen LogP contribution is 2.43. The first-order valence-corrected chi connectivity index (χ1v) is 14.5. The summed E-state index contributed by atoms with van der Waals surface area (Å²) >= 11 is 0. The maximum Gasteiger partial charge on any atom is 0.0571 e. The third-order valence-corrected chi connectivity index (χ3v) is 10.2. The summed E-state index contributed by atoms with van der Waals surface area (Å²) in [5.74, 6) is 4.25. The number of hydrogen-bond donors (Lipinski definition) is 2. The van der Waals surface area contributed by atoms with Crippen LogP contribution in [0, 0.1) is 40.9 Å². The summed E-state index contributed by atoms with van der Waals surface area (Å²) in [6.45, 7) is 14.2. The molecular formula is C30H58O2. The Morgan fingerprint density at radius 3 is 2.06 bits per heavy atom. The van der Waals surface area contributed by atoms with E-state index in [1.807, 2.05) is 0 Å². The van der Waals surface area contributed by atoms with Gasteiger partial charge < -0.3 is 10.2 Å². The van der Waals surface area contributed by atoms with Crippen molar-refractivity contribution < 1.29 is 10.2 Å². The van der Waals surface area contributed by atoms with Gasteiger partial charge in [-0.25, -0.2) is 0 Å². The van der Waals surface area contributed by atoms with E-state index in [0.717, 1.165) is 43.4 Å². The van der Waals surface area contributed by atoms with Crippen molar-refractivity contribution in [2.24, 2.45) is 40.9 Å². The van der Waals surface area contributed by atoms with Gasteiger partial charge in [-0.15, -0.1) is 0 Å². The number of rotatable bonds is 13. The first-order chi connectivity index (χ1) is 15.2. The van der Waals surface area contributed by atoms with E-state index in [-0.39, 0.29) is 12.2 Å². The van der Waals surface area contributed by atoms with Crippen molar-refractivity contribution >= 4 is 0 Å². The molecule has 0 radical (unpaired) electrons. The lowest BCUT2D eigenvalue weighted by Gasteiger charge is -2.39. The van der Waals surface area contributed by atoms with Crippen LogP contribution >= 0.6 is 0 Å². The second-order valence-electron chi connectivity index (χ2n) is 12.8. The summed E-state index contributed by atoms with van der Waals surface area (Å²) in [6, 6.07) is 0. The zero-order valence-corrected chi connectivity index (χ0v) is 22.6. The molecule has 2 N–H and O–H groups in total. The molecule has 2 nitrogen and oxygen atoms in total. The highest BCUT2D eigenvalue weighted by molar-refractivity contribution is 4.84. The second kappa shape index (κ2) is 13.7. The Morgan fingerprint density at radius 1 is 0.875 bits per heavy atom. The molecule has 0 aromatic carbocycles. The van der Waals surface area contributed by atoms with Gasteiger partial charge in [-0.1, -0.05) is 92.9 Å². The van der Waals surface area contributed by atoms with E-state index in [2.05, 4.69) is 41.5 Å². The van der Waals surface area contributed by atoms with Gasteiger partial charge in [0.05, 0.1) is 12.2 Å². The summed E-state index contributed by atoms with van der Waals surface area (Å²) in [5.41, 5.74) is 0.481. The Bertz CT molecular complexity index is 485. The molecule has 2 unspecified atom stereocenters. The monoisotopic (exact) mass is 450 g/mol. The highest BCUT2D eigenvalue weighted by Gasteiger charge is 2.32. The third kappa shape index (κ3) is 8.94. The van der Waals surface area contributed by atoms with Crippen molar-refractivity contribution in [2.75, 3.05) is 0 Å². The van der Waals surface area contributed by atoms with E-state index >= 15 is 0 Å². The van der Waals surface area contributed by atoms with E-state index in [1.165, 1.54) is 70.6 Å². The number of aliphatic hydroxyl groups excluding tert-OH is 2. The predicted molar refractivity (Wildman–Crippen MR) is 139 cm³/mol. The van der Waals surface area contributed by atoms with Gasteiger partial charge in [-0.3, -0.25) is 0 Å². The molecule has 0 aromatic heterocycles. The summed E-state index contributed by atoms with van der Waals surface area (Å²) in [5, 5.41) is 21.7.